The molecule has 1 unspecified atom stereocenters. The second-order valence-electron chi connectivity index (χ2n) is 5.04. The fourth-order valence-corrected chi connectivity index (χ4v) is 2.11. The van der Waals surface area contributed by atoms with E-state index in [1.54, 1.807) is 0 Å². The topological polar surface area (TPSA) is 75.4 Å². The van der Waals surface area contributed by atoms with Crippen LogP contribution in [0.1, 0.15) is 28.8 Å². The highest BCUT2D eigenvalue weighted by molar-refractivity contribution is 5.83. The van der Waals surface area contributed by atoms with Crippen molar-refractivity contribution < 1.29 is 9.90 Å². The fraction of sp³-hybridized carbons (Fsp3) is 0.235. The Morgan fingerprint density at radius 2 is 1.71 bits per heavy atom. The lowest BCUT2D eigenvalue weighted by molar-refractivity contribution is -0.123. The van der Waals surface area contributed by atoms with Crippen molar-refractivity contribution in [1.82, 2.24) is 5.32 Å². The number of aliphatic hydroxyl groups excluding tert-OH is 1. The van der Waals surface area contributed by atoms with Gasteiger partial charge in [0.2, 0.25) is 5.91 Å². The first-order valence-corrected chi connectivity index (χ1v) is 6.90. The molecule has 0 aliphatic heterocycles. The molecule has 0 aromatic heterocycles. The molecule has 0 aliphatic rings. The largest absolute Gasteiger partial charge is 0.394 e. The molecule has 0 saturated heterocycles. The first-order chi connectivity index (χ1) is 10.1. The van der Waals surface area contributed by atoms with Gasteiger partial charge >= 0.3 is 0 Å². The maximum Gasteiger partial charge on any atom is 0.242 e. The normalized spacial score (nSPS) is 13.5. The van der Waals surface area contributed by atoms with Gasteiger partial charge in [0.1, 0.15) is 6.04 Å². The highest BCUT2D eigenvalue weighted by Gasteiger charge is 2.20. The van der Waals surface area contributed by atoms with Crippen LogP contribution in [0.25, 0.3) is 0 Å². The summed E-state index contributed by atoms with van der Waals surface area (Å²) in [5.41, 5.74) is 8.69. The Balaban J connectivity index is 2.07. The molecule has 0 fully saturated rings. The summed E-state index contributed by atoms with van der Waals surface area (Å²) >= 11 is 0. The quantitative estimate of drug-likeness (QED) is 0.784. The van der Waals surface area contributed by atoms with E-state index in [1.165, 1.54) is 0 Å². The van der Waals surface area contributed by atoms with Crippen LogP contribution >= 0.6 is 0 Å². The van der Waals surface area contributed by atoms with Gasteiger partial charge in [-0.25, -0.2) is 0 Å². The number of hydrogen-bond acceptors (Lipinski definition) is 3. The Kier molecular flexibility index (Phi) is 5.09. The number of hydrogen-bond donors (Lipinski definition) is 3. The number of benzene rings is 2. The number of amides is 1. The number of aryl methyl sites for hydroxylation is 1. The molecule has 2 aromatic rings. The highest BCUT2D eigenvalue weighted by Crippen LogP contribution is 2.15. The van der Waals surface area contributed by atoms with Gasteiger partial charge in [-0.15, -0.1) is 0 Å². The minimum Gasteiger partial charge on any atom is -0.394 e. The third-order valence-electron chi connectivity index (χ3n) is 3.42. The van der Waals surface area contributed by atoms with Gasteiger partial charge < -0.3 is 16.2 Å². The van der Waals surface area contributed by atoms with E-state index >= 15 is 0 Å². The van der Waals surface area contributed by atoms with E-state index in [-0.39, 0.29) is 12.5 Å². The Labute approximate surface area is 124 Å². The molecule has 4 heteroatoms. The van der Waals surface area contributed by atoms with Crippen molar-refractivity contribution in [3.63, 3.8) is 0 Å². The molecule has 110 valence electrons. The van der Waals surface area contributed by atoms with Gasteiger partial charge in [0.25, 0.3) is 0 Å². The van der Waals surface area contributed by atoms with Gasteiger partial charge in [-0.2, -0.15) is 0 Å². The molecule has 2 aromatic carbocycles. The number of aliphatic hydroxyl groups is 1. The summed E-state index contributed by atoms with van der Waals surface area (Å²) in [5.74, 6) is -0.304. The molecule has 0 saturated carbocycles. The van der Waals surface area contributed by atoms with E-state index in [0.29, 0.717) is 0 Å². The lowest BCUT2D eigenvalue weighted by Crippen LogP contribution is -2.37. The molecule has 0 bridgehead atoms. The van der Waals surface area contributed by atoms with Crippen molar-refractivity contribution in [1.29, 1.82) is 0 Å². The van der Waals surface area contributed by atoms with E-state index in [9.17, 15) is 9.90 Å². The SMILES string of the molecule is Cc1ccc(C(N)C(=O)N[C@@H](CO)c2ccccc2)cc1. The summed E-state index contributed by atoms with van der Waals surface area (Å²) in [7, 11) is 0. The first-order valence-electron chi connectivity index (χ1n) is 6.90. The van der Waals surface area contributed by atoms with Crippen LogP contribution in [0, 0.1) is 6.92 Å². The van der Waals surface area contributed by atoms with Crippen molar-refractivity contribution in [3.8, 4) is 0 Å². The summed E-state index contributed by atoms with van der Waals surface area (Å²) in [6.07, 6.45) is 0. The van der Waals surface area contributed by atoms with E-state index < -0.39 is 12.1 Å². The standard InChI is InChI=1S/C17H20N2O2/c1-12-7-9-14(10-8-12)16(18)17(21)19-15(11-20)13-5-3-2-4-6-13/h2-10,15-16,20H,11,18H2,1H3,(H,19,21)/t15-,16?/m0/s1. The average molecular weight is 284 g/mol. The monoisotopic (exact) mass is 284 g/mol. The van der Waals surface area contributed by atoms with Crippen molar-refractivity contribution in [3.05, 3.63) is 71.3 Å². The lowest BCUT2D eigenvalue weighted by atomic mass is 10.0. The van der Waals surface area contributed by atoms with Gasteiger partial charge in [-0.05, 0) is 18.1 Å². The van der Waals surface area contributed by atoms with Crippen molar-refractivity contribution >= 4 is 5.91 Å². The Morgan fingerprint density at radius 3 is 2.29 bits per heavy atom. The van der Waals surface area contributed by atoms with Crippen LogP contribution in [0.2, 0.25) is 0 Å². The second-order valence-corrected chi connectivity index (χ2v) is 5.04. The van der Waals surface area contributed by atoms with Crippen LogP contribution in [0.3, 0.4) is 0 Å². The second kappa shape index (κ2) is 7.02. The zero-order valence-electron chi connectivity index (χ0n) is 12.0. The van der Waals surface area contributed by atoms with E-state index in [2.05, 4.69) is 5.32 Å². The third kappa shape index (κ3) is 3.90. The minimum atomic E-state index is -0.747. The summed E-state index contributed by atoms with van der Waals surface area (Å²) < 4.78 is 0. The van der Waals surface area contributed by atoms with Crippen LogP contribution in [0.5, 0.6) is 0 Å². The Morgan fingerprint density at radius 1 is 1.10 bits per heavy atom. The molecule has 1 amide bonds. The number of nitrogens with two attached hydrogens (primary N) is 1. The molecular weight excluding hydrogens is 264 g/mol. The molecule has 0 aliphatic carbocycles. The van der Waals surface area contributed by atoms with E-state index in [0.717, 1.165) is 16.7 Å². The highest BCUT2D eigenvalue weighted by atomic mass is 16.3. The van der Waals surface area contributed by atoms with Crippen LogP contribution < -0.4 is 11.1 Å². The maximum atomic E-state index is 12.2. The number of carbonyl (C=O) groups is 1. The molecular formula is C17H20N2O2. The maximum absolute atomic E-state index is 12.2. The van der Waals surface area contributed by atoms with Gasteiger partial charge in [-0.1, -0.05) is 60.2 Å². The summed E-state index contributed by atoms with van der Waals surface area (Å²) in [4.78, 5) is 12.2. The molecule has 21 heavy (non-hydrogen) atoms. The predicted octanol–water partition coefficient (Wildman–Crippen LogP) is 1.84. The Bertz CT molecular complexity index is 581. The predicted molar refractivity (Wildman–Crippen MR) is 82.5 cm³/mol. The molecule has 0 heterocycles. The zero-order chi connectivity index (χ0) is 15.2. The first kappa shape index (κ1) is 15.2. The smallest absolute Gasteiger partial charge is 0.242 e. The van der Waals surface area contributed by atoms with Crippen LogP contribution in [-0.2, 0) is 4.79 Å². The number of nitrogens with one attached hydrogen (secondary N) is 1. The molecule has 2 rings (SSSR count). The number of rotatable bonds is 5. The summed E-state index contributed by atoms with van der Waals surface area (Å²) in [6.45, 7) is 1.81. The van der Waals surface area contributed by atoms with E-state index in [4.69, 9.17) is 5.73 Å². The van der Waals surface area contributed by atoms with Crippen molar-refractivity contribution in [2.45, 2.75) is 19.0 Å². The van der Waals surface area contributed by atoms with Gasteiger partial charge in [0, 0.05) is 0 Å². The van der Waals surface area contributed by atoms with Crippen LogP contribution in [-0.4, -0.2) is 17.6 Å². The summed E-state index contributed by atoms with van der Waals surface area (Å²) in [5, 5.41) is 12.2. The Hall–Kier alpha value is -2.17. The molecule has 4 N–H and O–H groups in total. The van der Waals surface area contributed by atoms with Crippen molar-refractivity contribution in [2.24, 2.45) is 5.73 Å². The average Bonchev–Trinajstić information content (AvgIpc) is 2.53. The van der Waals surface area contributed by atoms with E-state index in [1.807, 2.05) is 61.5 Å². The van der Waals surface area contributed by atoms with Crippen LogP contribution in [0.4, 0.5) is 0 Å². The lowest BCUT2D eigenvalue weighted by Gasteiger charge is -2.20. The van der Waals surface area contributed by atoms with Gasteiger partial charge in [-0.3, -0.25) is 4.79 Å². The molecule has 0 radical (unpaired) electrons. The van der Waals surface area contributed by atoms with Crippen molar-refractivity contribution in [2.75, 3.05) is 6.61 Å². The molecule has 0 spiro atoms. The van der Waals surface area contributed by atoms with Gasteiger partial charge in [0.15, 0.2) is 0 Å². The molecule has 2 atom stereocenters. The van der Waals surface area contributed by atoms with Crippen LogP contribution in [0.15, 0.2) is 54.6 Å². The zero-order valence-corrected chi connectivity index (χ0v) is 12.0. The minimum absolute atomic E-state index is 0.170. The summed E-state index contributed by atoms with van der Waals surface area (Å²) in [6, 6.07) is 15.7. The number of carbonyl (C=O) groups excluding carboxylic acids is 1. The fourth-order valence-electron chi connectivity index (χ4n) is 2.11. The third-order valence-corrected chi connectivity index (χ3v) is 3.42. The molecule has 4 nitrogen and oxygen atoms in total. The van der Waals surface area contributed by atoms with Gasteiger partial charge in [0.05, 0.1) is 12.6 Å².